The largest absolute Gasteiger partial charge is 0.392 e. The summed E-state index contributed by atoms with van der Waals surface area (Å²) in [5, 5.41) is 8.95. The third-order valence-electron chi connectivity index (χ3n) is 6.91. The van der Waals surface area contributed by atoms with Crippen LogP contribution in [0.1, 0.15) is 58.8 Å². The first-order valence-corrected chi connectivity index (χ1v) is 10.5. The predicted molar refractivity (Wildman–Crippen MR) is 108 cm³/mol. The van der Waals surface area contributed by atoms with Gasteiger partial charge in [-0.1, -0.05) is 55.4 Å². The molecule has 0 aromatic heterocycles. The Bertz CT molecular complexity index is 718. The van der Waals surface area contributed by atoms with Crippen LogP contribution in [0.3, 0.4) is 0 Å². The van der Waals surface area contributed by atoms with Crippen molar-refractivity contribution >= 4 is 5.78 Å². The van der Waals surface area contributed by atoms with E-state index in [2.05, 4.69) is 19.9 Å². The van der Waals surface area contributed by atoms with E-state index in [4.69, 9.17) is 5.11 Å². The van der Waals surface area contributed by atoms with Crippen LogP contribution in [-0.2, 0) is 4.79 Å². The van der Waals surface area contributed by atoms with Gasteiger partial charge in [0.25, 0.3) is 0 Å². The van der Waals surface area contributed by atoms with Crippen LogP contribution in [0.25, 0.3) is 0 Å². The Morgan fingerprint density at radius 3 is 2.86 bits per heavy atom. The minimum absolute atomic E-state index is 0.0305. The second-order valence-corrected chi connectivity index (χ2v) is 8.81. The molecule has 0 spiro atoms. The van der Waals surface area contributed by atoms with Crippen molar-refractivity contribution in [2.24, 2.45) is 17.3 Å². The van der Waals surface area contributed by atoms with E-state index < -0.39 is 18.1 Å². The van der Waals surface area contributed by atoms with Crippen molar-refractivity contribution in [3.63, 3.8) is 0 Å². The van der Waals surface area contributed by atoms with Crippen LogP contribution < -0.4 is 0 Å². The predicted octanol–water partition coefficient (Wildman–Crippen LogP) is 5.59. The van der Waals surface area contributed by atoms with Gasteiger partial charge < -0.3 is 5.11 Å². The van der Waals surface area contributed by atoms with Crippen LogP contribution in [-0.4, -0.2) is 29.8 Å². The lowest BCUT2D eigenvalue weighted by Gasteiger charge is -2.42. The van der Waals surface area contributed by atoms with Gasteiger partial charge in [0.1, 0.15) is 6.17 Å². The average Bonchev–Trinajstić information content (AvgIpc) is 3.01. The molecule has 0 radical (unpaired) electrons. The molecule has 28 heavy (non-hydrogen) atoms. The molecule has 3 aliphatic rings. The summed E-state index contributed by atoms with van der Waals surface area (Å²) in [7, 11) is 0. The van der Waals surface area contributed by atoms with Crippen LogP contribution in [0.4, 0.5) is 8.78 Å². The van der Waals surface area contributed by atoms with E-state index in [9.17, 15) is 13.6 Å². The molecular formula is C24H32F2O2. The van der Waals surface area contributed by atoms with Crippen LogP contribution in [0.2, 0.25) is 0 Å². The monoisotopic (exact) mass is 390 g/mol. The normalized spacial score (nSPS) is 37.5. The lowest BCUT2D eigenvalue weighted by Crippen LogP contribution is -2.32. The van der Waals surface area contributed by atoms with Crippen LogP contribution in [0, 0.1) is 17.3 Å². The Morgan fingerprint density at radius 1 is 1.32 bits per heavy atom. The van der Waals surface area contributed by atoms with Gasteiger partial charge >= 0.3 is 0 Å². The van der Waals surface area contributed by atoms with E-state index in [1.807, 2.05) is 12.2 Å². The number of fused-ring (bicyclic) bond motifs is 1. The fourth-order valence-corrected chi connectivity index (χ4v) is 5.43. The molecular weight excluding hydrogens is 358 g/mol. The zero-order valence-corrected chi connectivity index (χ0v) is 17.0. The van der Waals surface area contributed by atoms with Crippen LogP contribution >= 0.6 is 0 Å². The average molecular weight is 391 g/mol. The first-order valence-electron chi connectivity index (χ1n) is 10.5. The van der Waals surface area contributed by atoms with Gasteiger partial charge in [-0.25, -0.2) is 8.78 Å². The minimum atomic E-state index is -1.70. The minimum Gasteiger partial charge on any atom is -0.392 e. The van der Waals surface area contributed by atoms with Crippen molar-refractivity contribution < 1.29 is 18.7 Å². The smallest absolute Gasteiger partial charge is 0.193 e. The topological polar surface area (TPSA) is 37.3 Å². The van der Waals surface area contributed by atoms with Gasteiger partial charge in [-0.05, 0) is 49.4 Å². The molecule has 4 heteroatoms. The molecule has 154 valence electrons. The second kappa shape index (κ2) is 8.86. The molecule has 2 fully saturated rings. The van der Waals surface area contributed by atoms with E-state index in [0.29, 0.717) is 17.4 Å². The number of allylic oxidation sites excluding steroid dienone is 7. The number of carbonyl (C=O) groups is 1. The maximum Gasteiger partial charge on any atom is 0.193 e. The van der Waals surface area contributed by atoms with E-state index in [1.54, 1.807) is 12.2 Å². The van der Waals surface area contributed by atoms with Crippen molar-refractivity contribution in [2.45, 2.75) is 71.1 Å². The first kappa shape index (κ1) is 21.2. The molecule has 0 aliphatic heterocycles. The van der Waals surface area contributed by atoms with Crippen molar-refractivity contribution in [3.8, 4) is 0 Å². The van der Waals surface area contributed by atoms with E-state index in [-0.39, 0.29) is 24.9 Å². The number of Topliss-reactive ketones (excluding diaryl/α,β-unsaturated/α-hetero) is 1. The van der Waals surface area contributed by atoms with Crippen LogP contribution in [0.15, 0.2) is 47.1 Å². The summed E-state index contributed by atoms with van der Waals surface area (Å²) in [6.45, 7) is 4.65. The lowest BCUT2D eigenvalue weighted by atomic mass is 9.62. The van der Waals surface area contributed by atoms with Gasteiger partial charge in [-0.2, -0.15) is 0 Å². The number of aliphatic hydroxyl groups is 1. The number of alkyl halides is 2. The Hall–Kier alpha value is -1.55. The Balaban J connectivity index is 1.77. The van der Waals surface area contributed by atoms with Gasteiger partial charge in [0.2, 0.25) is 0 Å². The molecule has 0 amide bonds. The highest BCUT2D eigenvalue weighted by Crippen LogP contribution is 2.56. The molecule has 0 saturated heterocycles. The number of aliphatic hydroxyl groups excluding tert-OH is 1. The molecule has 0 aromatic rings. The standard InChI is InChI=1S/C24H32F2O2/c1-16(6-3-4-13-27)20-10-11-21-17(7-5-12-24(20,21)2)8-9-18-14-19(25)15-22(26)23(18)28/h3-4,8-10,16,19,21-22,27H,5-7,11-15H2,1-2H3. The molecule has 1 N–H and O–H groups in total. The molecule has 0 bridgehead atoms. The zero-order chi connectivity index (χ0) is 20.3. The molecule has 3 aliphatic carbocycles. The molecule has 5 atom stereocenters. The van der Waals surface area contributed by atoms with Gasteiger partial charge in [-0.15, -0.1) is 0 Å². The molecule has 2 nitrogen and oxygen atoms in total. The molecule has 3 rings (SSSR count). The second-order valence-electron chi connectivity index (χ2n) is 8.81. The third-order valence-corrected chi connectivity index (χ3v) is 6.91. The number of carbonyl (C=O) groups excluding carboxylic acids is 1. The first-order chi connectivity index (χ1) is 13.4. The summed E-state index contributed by atoms with van der Waals surface area (Å²) in [6, 6.07) is 0. The van der Waals surface area contributed by atoms with Gasteiger partial charge in [0.15, 0.2) is 12.0 Å². The van der Waals surface area contributed by atoms with Gasteiger partial charge in [0.05, 0.1) is 6.61 Å². The third kappa shape index (κ3) is 4.22. The van der Waals surface area contributed by atoms with E-state index >= 15 is 0 Å². The summed E-state index contributed by atoms with van der Waals surface area (Å²) < 4.78 is 27.4. The fourth-order valence-electron chi connectivity index (χ4n) is 5.43. The van der Waals surface area contributed by atoms with Crippen molar-refractivity contribution in [1.29, 1.82) is 0 Å². The number of ketones is 1. The summed E-state index contributed by atoms with van der Waals surface area (Å²) >= 11 is 0. The molecule has 2 saturated carbocycles. The van der Waals surface area contributed by atoms with E-state index in [0.717, 1.165) is 32.1 Å². The molecule has 0 heterocycles. The summed E-state index contributed by atoms with van der Waals surface area (Å²) in [6.07, 6.45) is 11.8. The highest BCUT2D eigenvalue weighted by molar-refractivity contribution is 5.99. The zero-order valence-electron chi connectivity index (χ0n) is 17.0. The number of hydrogen-bond donors (Lipinski definition) is 1. The summed E-state index contributed by atoms with van der Waals surface area (Å²) in [4.78, 5) is 12.0. The Kier molecular flexibility index (Phi) is 6.69. The quantitative estimate of drug-likeness (QED) is 0.491. The number of halogens is 2. The summed E-state index contributed by atoms with van der Waals surface area (Å²) in [5.74, 6) is 0.285. The molecule has 0 aromatic carbocycles. The number of hydrogen-bond acceptors (Lipinski definition) is 2. The van der Waals surface area contributed by atoms with Crippen LogP contribution in [0.5, 0.6) is 0 Å². The summed E-state index contributed by atoms with van der Waals surface area (Å²) in [5.41, 5.74) is 3.19. The van der Waals surface area contributed by atoms with E-state index in [1.165, 1.54) is 11.1 Å². The lowest BCUT2D eigenvalue weighted by molar-refractivity contribution is -0.122. The Labute approximate surface area is 167 Å². The highest BCUT2D eigenvalue weighted by atomic mass is 19.1. The number of rotatable bonds is 5. The Morgan fingerprint density at radius 2 is 2.11 bits per heavy atom. The van der Waals surface area contributed by atoms with Crippen molar-refractivity contribution in [2.75, 3.05) is 6.61 Å². The maximum atomic E-state index is 13.7. The molecule has 5 unspecified atom stereocenters. The SMILES string of the molecule is CC(CC=CCO)C1=CCC2C(=CC=C3CC(F)CC(F)C3=O)CCCC12C. The fraction of sp³-hybridized carbons (Fsp3) is 0.625. The highest BCUT2D eigenvalue weighted by Gasteiger charge is 2.45. The van der Waals surface area contributed by atoms with Crippen molar-refractivity contribution in [3.05, 3.63) is 47.1 Å². The maximum absolute atomic E-state index is 13.7. The van der Waals surface area contributed by atoms with Gasteiger partial charge in [-0.3, -0.25) is 4.79 Å². The van der Waals surface area contributed by atoms with Gasteiger partial charge in [0, 0.05) is 18.4 Å². The van der Waals surface area contributed by atoms with Crippen molar-refractivity contribution in [1.82, 2.24) is 0 Å².